The summed E-state index contributed by atoms with van der Waals surface area (Å²) in [6.45, 7) is 14.7. The standard InChI is InChI=1S/C28H35ClN4OS/c1-15-8-18(29)9-20(26(15)34-19-7-6-16(2)30-11-19)25-27-23(31-14-32-25)10-24(35-27)17(3)33-12-21-22(13-33)28(21,4)5/h8-10,14,16-17,19,21-22,30H,6-7,11-13H2,1-5H3. The van der Waals surface area contributed by atoms with Gasteiger partial charge < -0.3 is 10.1 Å². The van der Waals surface area contributed by atoms with Crippen LogP contribution in [-0.4, -0.2) is 46.6 Å². The molecule has 35 heavy (non-hydrogen) atoms. The highest BCUT2D eigenvalue weighted by molar-refractivity contribution is 7.19. The van der Waals surface area contributed by atoms with Crippen molar-refractivity contribution in [2.45, 2.75) is 65.6 Å². The number of thiophene rings is 1. The van der Waals surface area contributed by atoms with Crippen molar-refractivity contribution in [2.24, 2.45) is 17.3 Å². The monoisotopic (exact) mass is 510 g/mol. The first-order valence-electron chi connectivity index (χ1n) is 12.9. The van der Waals surface area contributed by atoms with E-state index in [9.17, 15) is 0 Å². The number of benzene rings is 1. The smallest absolute Gasteiger partial charge is 0.132 e. The van der Waals surface area contributed by atoms with E-state index in [0.717, 1.165) is 64.0 Å². The van der Waals surface area contributed by atoms with Gasteiger partial charge in [-0.15, -0.1) is 11.3 Å². The van der Waals surface area contributed by atoms with Crippen LogP contribution < -0.4 is 10.1 Å². The summed E-state index contributed by atoms with van der Waals surface area (Å²) in [6, 6.07) is 7.18. The molecule has 3 fully saturated rings. The Hall–Kier alpha value is -1.73. The average molecular weight is 511 g/mol. The predicted molar refractivity (Wildman–Crippen MR) is 144 cm³/mol. The van der Waals surface area contributed by atoms with Crippen molar-refractivity contribution in [3.63, 3.8) is 0 Å². The zero-order valence-electron chi connectivity index (χ0n) is 21.3. The van der Waals surface area contributed by atoms with Crippen LogP contribution in [0.1, 0.15) is 57.0 Å². The van der Waals surface area contributed by atoms with Crippen molar-refractivity contribution < 1.29 is 4.74 Å². The van der Waals surface area contributed by atoms with E-state index in [1.54, 1.807) is 6.33 Å². The second kappa shape index (κ2) is 8.69. The van der Waals surface area contributed by atoms with Gasteiger partial charge in [0.15, 0.2) is 0 Å². The molecule has 2 aliphatic heterocycles. The minimum Gasteiger partial charge on any atom is -0.488 e. The maximum atomic E-state index is 6.61. The minimum absolute atomic E-state index is 0.145. The quantitative estimate of drug-likeness (QED) is 0.425. The van der Waals surface area contributed by atoms with Crippen LogP contribution >= 0.6 is 22.9 Å². The van der Waals surface area contributed by atoms with E-state index < -0.39 is 0 Å². The number of halogens is 1. The number of aromatic nitrogens is 2. The van der Waals surface area contributed by atoms with E-state index in [2.05, 4.69) is 55.9 Å². The highest BCUT2D eigenvalue weighted by Gasteiger charge is 2.62. The van der Waals surface area contributed by atoms with Crippen LogP contribution in [0.2, 0.25) is 5.02 Å². The molecule has 2 saturated heterocycles. The molecule has 5 atom stereocenters. The maximum absolute atomic E-state index is 6.61. The van der Waals surface area contributed by atoms with E-state index in [1.165, 1.54) is 18.0 Å². The third kappa shape index (κ3) is 4.16. The number of nitrogens with one attached hydrogen (secondary N) is 1. The summed E-state index contributed by atoms with van der Waals surface area (Å²) >= 11 is 8.37. The molecule has 1 aliphatic carbocycles. The molecule has 5 unspecified atom stereocenters. The van der Waals surface area contributed by atoms with Crippen LogP contribution in [-0.2, 0) is 0 Å². The van der Waals surface area contributed by atoms with Crippen LogP contribution in [0.15, 0.2) is 24.5 Å². The van der Waals surface area contributed by atoms with Gasteiger partial charge in [-0.25, -0.2) is 9.97 Å². The fourth-order valence-electron chi connectivity index (χ4n) is 6.23. The Balaban J connectivity index is 1.33. The third-order valence-corrected chi connectivity index (χ3v) is 10.4. The fourth-order valence-corrected chi connectivity index (χ4v) is 7.71. The van der Waals surface area contributed by atoms with Gasteiger partial charge in [0.05, 0.1) is 15.9 Å². The van der Waals surface area contributed by atoms with Crippen molar-refractivity contribution in [3.05, 3.63) is 40.0 Å². The molecule has 1 saturated carbocycles. The lowest BCUT2D eigenvalue weighted by Crippen LogP contribution is -2.42. The molecule has 4 heterocycles. The second-order valence-corrected chi connectivity index (χ2v) is 13.0. The van der Waals surface area contributed by atoms with Gasteiger partial charge in [0, 0.05) is 47.2 Å². The first kappa shape index (κ1) is 23.7. The topological polar surface area (TPSA) is 50.3 Å². The molecule has 2 aromatic heterocycles. The zero-order valence-corrected chi connectivity index (χ0v) is 22.8. The Labute approximate surface area is 217 Å². The molecule has 0 amide bonds. The number of likely N-dealkylation sites (tertiary alicyclic amines) is 1. The molecule has 0 bridgehead atoms. The molecule has 1 aromatic carbocycles. The van der Waals surface area contributed by atoms with E-state index in [4.69, 9.17) is 21.3 Å². The Morgan fingerprint density at radius 2 is 1.94 bits per heavy atom. The van der Waals surface area contributed by atoms with Gasteiger partial charge in [0.25, 0.3) is 0 Å². The normalized spacial score (nSPS) is 28.7. The number of ether oxygens (including phenoxy) is 1. The van der Waals surface area contributed by atoms with Crippen LogP contribution in [0.5, 0.6) is 5.75 Å². The highest BCUT2D eigenvalue weighted by atomic mass is 35.5. The molecule has 0 radical (unpaired) electrons. The number of hydrogen-bond acceptors (Lipinski definition) is 6. The van der Waals surface area contributed by atoms with Gasteiger partial charge >= 0.3 is 0 Å². The largest absolute Gasteiger partial charge is 0.488 e. The van der Waals surface area contributed by atoms with Crippen LogP contribution in [0, 0.1) is 24.2 Å². The molecular formula is C28H35ClN4OS. The number of nitrogens with zero attached hydrogens (tertiary/aromatic N) is 3. The molecule has 186 valence electrons. The van der Waals surface area contributed by atoms with E-state index >= 15 is 0 Å². The number of hydrogen-bond donors (Lipinski definition) is 1. The molecule has 1 N–H and O–H groups in total. The van der Waals surface area contributed by atoms with Crippen molar-refractivity contribution >= 4 is 33.2 Å². The highest BCUT2D eigenvalue weighted by Crippen LogP contribution is 2.63. The van der Waals surface area contributed by atoms with Gasteiger partial charge in [-0.3, -0.25) is 4.90 Å². The van der Waals surface area contributed by atoms with E-state index in [-0.39, 0.29) is 6.10 Å². The Morgan fingerprint density at radius 3 is 2.66 bits per heavy atom. The van der Waals surface area contributed by atoms with Crippen LogP contribution in [0.25, 0.3) is 21.5 Å². The first-order valence-corrected chi connectivity index (χ1v) is 14.1. The van der Waals surface area contributed by atoms with Crippen LogP contribution in [0.4, 0.5) is 0 Å². The predicted octanol–water partition coefficient (Wildman–Crippen LogP) is 6.49. The summed E-state index contributed by atoms with van der Waals surface area (Å²) in [5.74, 6) is 2.59. The summed E-state index contributed by atoms with van der Waals surface area (Å²) in [7, 11) is 0. The van der Waals surface area contributed by atoms with Crippen molar-refractivity contribution in [3.8, 4) is 17.0 Å². The molecule has 0 spiro atoms. The van der Waals surface area contributed by atoms with Gasteiger partial charge in [-0.05, 0) is 74.6 Å². The zero-order chi connectivity index (χ0) is 24.5. The minimum atomic E-state index is 0.145. The average Bonchev–Trinajstić information content (AvgIpc) is 3.25. The second-order valence-electron chi connectivity index (χ2n) is 11.5. The molecule has 6 rings (SSSR count). The third-order valence-electron chi connectivity index (χ3n) is 8.83. The summed E-state index contributed by atoms with van der Waals surface area (Å²) in [6.07, 6.45) is 3.98. The summed E-state index contributed by atoms with van der Waals surface area (Å²) < 4.78 is 7.72. The van der Waals surface area contributed by atoms with Gasteiger partial charge in [0.2, 0.25) is 0 Å². The van der Waals surface area contributed by atoms with Gasteiger partial charge in [-0.2, -0.15) is 0 Å². The van der Waals surface area contributed by atoms with E-state index in [1.807, 2.05) is 23.5 Å². The molecule has 7 heteroatoms. The number of rotatable bonds is 5. The molecule has 5 nitrogen and oxygen atoms in total. The van der Waals surface area contributed by atoms with E-state index in [0.29, 0.717) is 22.5 Å². The lowest BCUT2D eigenvalue weighted by Gasteiger charge is -2.29. The first-order chi connectivity index (χ1) is 16.7. The summed E-state index contributed by atoms with van der Waals surface area (Å²) in [5.41, 5.74) is 4.46. The lowest BCUT2D eigenvalue weighted by atomic mass is 10.0. The van der Waals surface area contributed by atoms with Crippen molar-refractivity contribution in [1.82, 2.24) is 20.2 Å². The number of aryl methyl sites for hydroxylation is 1. The van der Waals surface area contributed by atoms with Crippen molar-refractivity contribution in [2.75, 3.05) is 19.6 Å². The molecule has 3 aromatic rings. The summed E-state index contributed by atoms with van der Waals surface area (Å²) in [5, 5.41) is 4.25. The number of piperidine rings is 2. The molecular weight excluding hydrogens is 476 g/mol. The lowest BCUT2D eigenvalue weighted by molar-refractivity contribution is 0.152. The Kier molecular flexibility index (Phi) is 5.87. The maximum Gasteiger partial charge on any atom is 0.132 e. The fraction of sp³-hybridized carbons (Fsp3) is 0.571. The molecule has 3 aliphatic rings. The van der Waals surface area contributed by atoms with Gasteiger partial charge in [-0.1, -0.05) is 25.4 Å². The Morgan fingerprint density at radius 1 is 1.17 bits per heavy atom. The Bertz CT molecular complexity index is 1250. The summed E-state index contributed by atoms with van der Waals surface area (Å²) in [4.78, 5) is 13.4. The van der Waals surface area contributed by atoms with Gasteiger partial charge in [0.1, 0.15) is 18.2 Å². The number of fused-ring (bicyclic) bond motifs is 2. The van der Waals surface area contributed by atoms with Crippen molar-refractivity contribution in [1.29, 1.82) is 0 Å². The van der Waals surface area contributed by atoms with Crippen LogP contribution in [0.3, 0.4) is 0 Å². The SMILES string of the molecule is Cc1cc(Cl)cc(-c2ncnc3cc(C(C)N4CC5C(C4)C5(C)C)sc23)c1OC1CCC(C)NC1.